The number of hydrogen-bond acceptors (Lipinski definition) is 2. The van der Waals surface area contributed by atoms with Crippen molar-refractivity contribution in [2.45, 2.75) is 26.7 Å². The minimum atomic E-state index is -0.390. The number of halogens is 1. The van der Waals surface area contributed by atoms with Gasteiger partial charge >= 0.3 is 0 Å². The Bertz CT molecular complexity index is 668. The highest BCUT2D eigenvalue weighted by Crippen LogP contribution is 2.27. The molecule has 0 radical (unpaired) electrons. The van der Waals surface area contributed by atoms with E-state index in [1.165, 1.54) is 12.1 Å². The van der Waals surface area contributed by atoms with Crippen molar-refractivity contribution in [2.24, 2.45) is 0 Å². The van der Waals surface area contributed by atoms with Gasteiger partial charge in [0, 0.05) is 11.8 Å². The van der Waals surface area contributed by atoms with Gasteiger partial charge in [-0.3, -0.25) is 4.79 Å². The summed E-state index contributed by atoms with van der Waals surface area (Å²) < 4.78 is 18.4. The number of ether oxygens (including phenoxy) is 1. The summed E-state index contributed by atoms with van der Waals surface area (Å²) >= 11 is 0. The van der Waals surface area contributed by atoms with E-state index in [-0.39, 0.29) is 18.3 Å². The third kappa shape index (κ3) is 4.07. The fourth-order valence-electron chi connectivity index (χ4n) is 2.22. The minimum absolute atomic E-state index is 0.157. The number of hydrogen-bond donors (Lipinski definition) is 1. The highest BCUT2D eigenvalue weighted by molar-refractivity contribution is 5.93. The summed E-state index contributed by atoms with van der Waals surface area (Å²) in [5.74, 6) is -0.0114. The average Bonchev–Trinajstić information content (AvgIpc) is 2.47. The average molecular weight is 301 g/mol. The maximum absolute atomic E-state index is 13.1. The standard InChI is InChI=1S/C18H20FNO2/c1-12(2)16-9-4-6-13(3)18(16)20-17(21)11-22-15-8-5-7-14(19)10-15/h4-10,12H,11H2,1-3H3,(H,20,21). The second-order valence-corrected chi connectivity index (χ2v) is 5.49. The van der Waals surface area contributed by atoms with E-state index in [0.29, 0.717) is 11.7 Å². The zero-order valence-electron chi connectivity index (χ0n) is 13.0. The maximum atomic E-state index is 13.1. The molecule has 0 unspecified atom stereocenters. The Hall–Kier alpha value is -2.36. The number of benzene rings is 2. The van der Waals surface area contributed by atoms with Gasteiger partial charge < -0.3 is 10.1 Å². The van der Waals surface area contributed by atoms with Crippen LogP contribution in [0.25, 0.3) is 0 Å². The zero-order chi connectivity index (χ0) is 16.1. The second-order valence-electron chi connectivity index (χ2n) is 5.49. The van der Waals surface area contributed by atoms with Gasteiger partial charge in [-0.2, -0.15) is 0 Å². The largest absolute Gasteiger partial charge is 0.484 e. The number of nitrogens with one attached hydrogen (secondary N) is 1. The number of carbonyl (C=O) groups excluding carboxylic acids is 1. The number of para-hydroxylation sites is 1. The Balaban J connectivity index is 2.03. The number of carbonyl (C=O) groups is 1. The normalized spacial score (nSPS) is 10.6. The summed E-state index contributed by atoms with van der Waals surface area (Å²) in [4.78, 5) is 12.1. The zero-order valence-corrected chi connectivity index (χ0v) is 13.0. The molecule has 3 nitrogen and oxygen atoms in total. The van der Waals surface area contributed by atoms with Crippen molar-refractivity contribution in [3.63, 3.8) is 0 Å². The van der Waals surface area contributed by atoms with Crippen LogP contribution in [0.2, 0.25) is 0 Å². The van der Waals surface area contributed by atoms with E-state index in [1.54, 1.807) is 12.1 Å². The van der Waals surface area contributed by atoms with E-state index in [1.807, 2.05) is 25.1 Å². The molecule has 2 aromatic carbocycles. The van der Waals surface area contributed by atoms with Gasteiger partial charge in [-0.1, -0.05) is 38.1 Å². The van der Waals surface area contributed by atoms with Crippen LogP contribution in [0.1, 0.15) is 30.9 Å². The summed E-state index contributed by atoms with van der Waals surface area (Å²) in [6.07, 6.45) is 0. The summed E-state index contributed by atoms with van der Waals surface area (Å²) in [6.45, 7) is 5.95. The predicted octanol–water partition coefficient (Wildman–Crippen LogP) is 4.28. The highest BCUT2D eigenvalue weighted by atomic mass is 19.1. The quantitative estimate of drug-likeness (QED) is 0.895. The number of rotatable bonds is 5. The molecule has 0 bridgehead atoms. The number of anilines is 1. The molecule has 2 aromatic rings. The van der Waals surface area contributed by atoms with E-state index >= 15 is 0 Å². The van der Waals surface area contributed by atoms with Crippen molar-refractivity contribution in [3.05, 3.63) is 59.4 Å². The van der Waals surface area contributed by atoms with E-state index in [2.05, 4.69) is 19.2 Å². The SMILES string of the molecule is Cc1cccc(C(C)C)c1NC(=O)COc1cccc(F)c1. The second kappa shape index (κ2) is 7.07. The van der Waals surface area contributed by atoms with Gasteiger partial charge in [0.15, 0.2) is 6.61 Å². The first kappa shape index (κ1) is 16.0. The van der Waals surface area contributed by atoms with Crippen LogP contribution < -0.4 is 10.1 Å². The van der Waals surface area contributed by atoms with Gasteiger partial charge in [0.2, 0.25) is 0 Å². The van der Waals surface area contributed by atoms with Crippen LogP contribution in [0.5, 0.6) is 5.75 Å². The van der Waals surface area contributed by atoms with Crippen molar-refractivity contribution in [3.8, 4) is 5.75 Å². The van der Waals surface area contributed by atoms with Gasteiger partial charge in [0.25, 0.3) is 5.91 Å². The number of amides is 1. The van der Waals surface area contributed by atoms with E-state index < -0.39 is 0 Å². The molecule has 0 fully saturated rings. The first-order valence-corrected chi connectivity index (χ1v) is 7.25. The Labute approximate surface area is 130 Å². The molecule has 0 heterocycles. The van der Waals surface area contributed by atoms with Crippen molar-refractivity contribution in [1.82, 2.24) is 0 Å². The van der Waals surface area contributed by atoms with Crippen LogP contribution >= 0.6 is 0 Å². The molecule has 2 rings (SSSR count). The lowest BCUT2D eigenvalue weighted by atomic mass is 9.98. The third-order valence-electron chi connectivity index (χ3n) is 3.36. The van der Waals surface area contributed by atoms with E-state index in [4.69, 9.17) is 4.74 Å². The Kier molecular flexibility index (Phi) is 5.15. The maximum Gasteiger partial charge on any atom is 0.262 e. The van der Waals surface area contributed by atoms with Gasteiger partial charge in [0.05, 0.1) is 0 Å². The highest BCUT2D eigenvalue weighted by Gasteiger charge is 2.12. The summed E-state index contributed by atoms with van der Waals surface area (Å²) in [7, 11) is 0. The molecule has 0 aliphatic heterocycles. The van der Waals surface area contributed by atoms with Crippen molar-refractivity contribution < 1.29 is 13.9 Å². The van der Waals surface area contributed by atoms with Crippen molar-refractivity contribution in [1.29, 1.82) is 0 Å². The van der Waals surface area contributed by atoms with Crippen LogP contribution in [0.4, 0.5) is 10.1 Å². The number of aryl methyl sites for hydroxylation is 1. The minimum Gasteiger partial charge on any atom is -0.484 e. The summed E-state index contributed by atoms with van der Waals surface area (Å²) in [5, 5.41) is 2.89. The van der Waals surface area contributed by atoms with Crippen molar-refractivity contribution >= 4 is 11.6 Å². The lowest BCUT2D eigenvalue weighted by Crippen LogP contribution is -2.21. The molecule has 116 valence electrons. The van der Waals surface area contributed by atoms with Gasteiger partial charge in [-0.25, -0.2) is 4.39 Å². The molecule has 4 heteroatoms. The monoisotopic (exact) mass is 301 g/mol. The van der Waals surface area contributed by atoms with Gasteiger partial charge in [0.1, 0.15) is 11.6 Å². The van der Waals surface area contributed by atoms with Crippen LogP contribution in [0.3, 0.4) is 0 Å². The van der Waals surface area contributed by atoms with Crippen LogP contribution in [-0.2, 0) is 4.79 Å². The summed E-state index contributed by atoms with van der Waals surface area (Å²) in [6, 6.07) is 11.7. The molecule has 22 heavy (non-hydrogen) atoms. The molecule has 0 spiro atoms. The molecule has 1 amide bonds. The molecule has 0 aliphatic carbocycles. The van der Waals surface area contributed by atoms with Crippen LogP contribution in [0.15, 0.2) is 42.5 Å². The molecule has 0 aliphatic rings. The molecular formula is C18H20FNO2. The van der Waals surface area contributed by atoms with E-state index in [0.717, 1.165) is 16.8 Å². The molecule has 0 aromatic heterocycles. The van der Waals surface area contributed by atoms with Gasteiger partial charge in [-0.15, -0.1) is 0 Å². The fraction of sp³-hybridized carbons (Fsp3) is 0.278. The topological polar surface area (TPSA) is 38.3 Å². The van der Waals surface area contributed by atoms with Crippen LogP contribution in [-0.4, -0.2) is 12.5 Å². The van der Waals surface area contributed by atoms with Crippen LogP contribution in [0, 0.1) is 12.7 Å². The predicted molar refractivity (Wildman–Crippen MR) is 85.8 cm³/mol. The van der Waals surface area contributed by atoms with E-state index in [9.17, 15) is 9.18 Å². The Morgan fingerprint density at radius 1 is 1.23 bits per heavy atom. The molecule has 1 N–H and O–H groups in total. The lowest BCUT2D eigenvalue weighted by Gasteiger charge is -2.16. The molecule has 0 saturated carbocycles. The van der Waals surface area contributed by atoms with Crippen molar-refractivity contribution in [2.75, 3.05) is 11.9 Å². The third-order valence-corrected chi connectivity index (χ3v) is 3.36. The molecule has 0 atom stereocenters. The smallest absolute Gasteiger partial charge is 0.262 e. The first-order chi connectivity index (χ1) is 10.5. The Morgan fingerprint density at radius 3 is 2.64 bits per heavy atom. The van der Waals surface area contributed by atoms with Gasteiger partial charge in [-0.05, 0) is 36.1 Å². The lowest BCUT2D eigenvalue weighted by molar-refractivity contribution is -0.118. The molecule has 0 saturated heterocycles. The Morgan fingerprint density at radius 2 is 1.95 bits per heavy atom. The first-order valence-electron chi connectivity index (χ1n) is 7.25. The summed E-state index contributed by atoms with van der Waals surface area (Å²) in [5.41, 5.74) is 2.91. The fourth-order valence-corrected chi connectivity index (χ4v) is 2.22. The molecular weight excluding hydrogens is 281 g/mol.